The molecule has 1 aromatic carbocycles. The summed E-state index contributed by atoms with van der Waals surface area (Å²) in [4.78, 5) is 12.4. The van der Waals surface area contributed by atoms with Crippen LogP contribution in [0, 0.1) is 0 Å². The van der Waals surface area contributed by atoms with E-state index < -0.39 is 0 Å². The van der Waals surface area contributed by atoms with Crippen molar-refractivity contribution in [3.8, 4) is 5.75 Å². The summed E-state index contributed by atoms with van der Waals surface area (Å²) in [5.41, 5.74) is 1.43. The van der Waals surface area contributed by atoms with Crippen molar-refractivity contribution in [3.63, 3.8) is 0 Å². The lowest BCUT2D eigenvalue weighted by Gasteiger charge is -2.22. The van der Waals surface area contributed by atoms with Gasteiger partial charge >= 0.3 is 0 Å². The number of para-hydroxylation sites is 1. The quantitative estimate of drug-likeness (QED) is 0.894. The van der Waals surface area contributed by atoms with Crippen LogP contribution in [0.25, 0.3) is 0 Å². The molecule has 2 N–H and O–H groups in total. The van der Waals surface area contributed by atoms with E-state index in [4.69, 9.17) is 4.74 Å². The Labute approximate surface area is 123 Å². The number of ether oxygens (including phenoxy) is 1. The van der Waals surface area contributed by atoms with Crippen LogP contribution in [0.4, 0.5) is 5.69 Å². The molecule has 110 valence electrons. The number of rotatable bonds is 4. The lowest BCUT2D eigenvalue weighted by atomic mass is 10.1. The smallest absolute Gasteiger partial charge is 0.255 e. The summed E-state index contributed by atoms with van der Waals surface area (Å²) in [5.74, 6) is 0.503. The number of hydrogen-bond acceptors (Lipinski definition) is 4. The highest BCUT2D eigenvalue weighted by molar-refractivity contribution is 5.99. The molecule has 1 amide bonds. The zero-order valence-corrected chi connectivity index (χ0v) is 11.9. The third-order valence-electron chi connectivity index (χ3n) is 3.32. The maximum absolute atomic E-state index is 12.4. The lowest BCUT2D eigenvalue weighted by Crippen LogP contribution is -2.36. The Morgan fingerprint density at radius 3 is 3.24 bits per heavy atom. The minimum absolute atomic E-state index is 0.0233. The molecular formula is C15H18N4O2. The molecule has 0 radical (unpaired) electrons. The minimum Gasteiger partial charge on any atom is -0.489 e. The Bertz CT molecular complexity index is 625. The fraction of sp³-hybridized carbons (Fsp3) is 0.333. The average molecular weight is 286 g/mol. The monoisotopic (exact) mass is 286 g/mol. The third kappa shape index (κ3) is 2.99. The first-order chi connectivity index (χ1) is 10.2. The van der Waals surface area contributed by atoms with Crippen LogP contribution < -0.4 is 15.4 Å². The summed E-state index contributed by atoms with van der Waals surface area (Å²) in [5, 5.41) is 10.3. The second kappa shape index (κ2) is 5.87. The van der Waals surface area contributed by atoms with Crippen molar-refractivity contribution >= 4 is 11.6 Å². The summed E-state index contributed by atoms with van der Waals surface area (Å²) in [7, 11) is 0. The molecule has 1 aliphatic heterocycles. The topological polar surface area (TPSA) is 68.2 Å². The van der Waals surface area contributed by atoms with E-state index in [-0.39, 0.29) is 11.9 Å². The predicted molar refractivity (Wildman–Crippen MR) is 79.6 cm³/mol. The number of nitrogens with zero attached hydrogens (tertiary/aromatic N) is 2. The van der Waals surface area contributed by atoms with Gasteiger partial charge in [-0.25, -0.2) is 0 Å². The number of benzene rings is 1. The Morgan fingerprint density at radius 1 is 1.52 bits per heavy atom. The van der Waals surface area contributed by atoms with Crippen LogP contribution >= 0.6 is 0 Å². The van der Waals surface area contributed by atoms with Gasteiger partial charge in [0.05, 0.1) is 17.8 Å². The Hall–Kier alpha value is -2.50. The van der Waals surface area contributed by atoms with Gasteiger partial charge in [-0.05, 0) is 25.1 Å². The van der Waals surface area contributed by atoms with Crippen LogP contribution in [-0.2, 0) is 6.54 Å². The van der Waals surface area contributed by atoms with Crippen molar-refractivity contribution < 1.29 is 9.53 Å². The molecular weight excluding hydrogens is 268 g/mol. The first-order valence-corrected chi connectivity index (χ1v) is 7.02. The van der Waals surface area contributed by atoms with Gasteiger partial charge < -0.3 is 15.4 Å². The molecule has 1 unspecified atom stereocenters. The molecule has 1 aliphatic rings. The standard InChI is InChI=1S/C15H18N4O2/c1-11(10-19-8-3-6-17-19)18-15(20)12-4-2-5-13-14(12)21-9-7-16-13/h2-6,8,11,16H,7,9-10H2,1H3,(H,18,20). The minimum atomic E-state index is -0.129. The SMILES string of the molecule is CC(Cn1cccn1)NC(=O)c1cccc2c1OCCN2. The van der Waals surface area contributed by atoms with E-state index in [0.717, 1.165) is 12.2 Å². The summed E-state index contributed by atoms with van der Waals surface area (Å²) in [6.07, 6.45) is 3.60. The number of nitrogens with one attached hydrogen (secondary N) is 2. The fourth-order valence-corrected chi connectivity index (χ4v) is 2.39. The molecule has 0 saturated carbocycles. The summed E-state index contributed by atoms with van der Waals surface area (Å²) >= 11 is 0. The molecule has 0 bridgehead atoms. The van der Waals surface area contributed by atoms with Crippen LogP contribution in [0.3, 0.4) is 0 Å². The largest absolute Gasteiger partial charge is 0.489 e. The van der Waals surface area contributed by atoms with Crippen LogP contribution in [0.15, 0.2) is 36.7 Å². The number of anilines is 1. The second-order valence-corrected chi connectivity index (χ2v) is 5.06. The van der Waals surface area contributed by atoms with Gasteiger partial charge in [-0.1, -0.05) is 6.07 Å². The van der Waals surface area contributed by atoms with E-state index >= 15 is 0 Å². The van der Waals surface area contributed by atoms with Crippen LogP contribution in [0.1, 0.15) is 17.3 Å². The van der Waals surface area contributed by atoms with Crippen LogP contribution in [0.5, 0.6) is 5.75 Å². The van der Waals surface area contributed by atoms with Crippen molar-refractivity contribution in [3.05, 3.63) is 42.2 Å². The molecule has 6 nitrogen and oxygen atoms in total. The van der Waals surface area contributed by atoms with E-state index in [1.165, 1.54) is 0 Å². The molecule has 6 heteroatoms. The Balaban J connectivity index is 1.70. The summed E-state index contributed by atoms with van der Waals surface area (Å²) < 4.78 is 7.42. The van der Waals surface area contributed by atoms with E-state index in [9.17, 15) is 4.79 Å². The first-order valence-electron chi connectivity index (χ1n) is 7.02. The molecule has 0 spiro atoms. The zero-order valence-electron chi connectivity index (χ0n) is 11.9. The highest BCUT2D eigenvalue weighted by Crippen LogP contribution is 2.31. The predicted octanol–water partition coefficient (Wildman–Crippen LogP) is 1.51. The molecule has 2 heterocycles. The summed E-state index contributed by atoms with van der Waals surface area (Å²) in [6.45, 7) is 3.91. The summed E-state index contributed by atoms with van der Waals surface area (Å²) in [6, 6.07) is 7.39. The van der Waals surface area contributed by atoms with E-state index in [1.807, 2.05) is 31.3 Å². The molecule has 2 aromatic rings. The molecule has 1 aromatic heterocycles. The van der Waals surface area contributed by atoms with Crippen molar-refractivity contribution in [2.75, 3.05) is 18.5 Å². The van der Waals surface area contributed by atoms with Gasteiger partial charge in [-0.15, -0.1) is 0 Å². The van der Waals surface area contributed by atoms with E-state index in [0.29, 0.717) is 24.5 Å². The molecule has 3 rings (SSSR count). The van der Waals surface area contributed by atoms with Gasteiger partial charge in [0.15, 0.2) is 5.75 Å². The van der Waals surface area contributed by atoms with Gasteiger partial charge in [0, 0.05) is 25.0 Å². The van der Waals surface area contributed by atoms with E-state index in [2.05, 4.69) is 15.7 Å². The number of fused-ring (bicyclic) bond motifs is 1. The average Bonchev–Trinajstić information content (AvgIpc) is 2.99. The van der Waals surface area contributed by atoms with Crippen LogP contribution in [0.2, 0.25) is 0 Å². The molecule has 21 heavy (non-hydrogen) atoms. The van der Waals surface area contributed by atoms with Gasteiger partial charge in [0.1, 0.15) is 6.61 Å². The number of carbonyl (C=O) groups excluding carboxylic acids is 1. The van der Waals surface area contributed by atoms with Crippen molar-refractivity contribution in [2.24, 2.45) is 0 Å². The number of aromatic nitrogens is 2. The molecule has 1 atom stereocenters. The highest BCUT2D eigenvalue weighted by atomic mass is 16.5. The second-order valence-electron chi connectivity index (χ2n) is 5.06. The maximum Gasteiger partial charge on any atom is 0.255 e. The number of carbonyl (C=O) groups is 1. The Kier molecular flexibility index (Phi) is 3.77. The van der Waals surface area contributed by atoms with E-state index in [1.54, 1.807) is 16.9 Å². The van der Waals surface area contributed by atoms with Gasteiger partial charge in [-0.3, -0.25) is 9.48 Å². The maximum atomic E-state index is 12.4. The van der Waals surface area contributed by atoms with Crippen molar-refractivity contribution in [1.82, 2.24) is 15.1 Å². The van der Waals surface area contributed by atoms with Gasteiger partial charge in [-0.2, -0.15) is 5.10 Å². The molecule has 0 aliphatic carbocycles. The first kappa shape index (κ1) is 13.5. The molecule has 0 saturated heterocycles. The number of hydrogen-bond donors (Lipinski definition) is 2. The van der Waals surface area contributed by atoms with Crippen molar-refractivity contribution in [2.45, 2.75) is 19.5 Å². The van der Waals surface area contributed by atoms with Gasteiger partial charge in [0.25, 0.3) is 5.91 Å². The van der Waals surface area contributed by atoms with Crippen LogP contribution in [-0.4, -0.2) is 34.9 Å². The van der Waals surface area contributed by atoms with Gasteiger partial charge in [0.2, 0.25) is 0 Å². The van der Waals surface area contributed by atoms with Crippen molar-refractivity contribution in [1.29, 1.82) is 0 Å². The normalized spacial score (nSPS) is 14.5. The highest BCUT2D eigenvalue weighted by Gasteiger charge is 2.20. The Morgan fingerprint density at radius 2 is 2.43 bits per heavy atom. The number of amides is 1. The lowest BCUT2D eigenvalue weighted by molar-refractivity contribution is 0.0932. The third-order valence-corrected chi connectivity index (χ3v) is 3.32. The zero-order chi connectivity index (χ0) is 14.7. The fourth-order valence-electron chi connectivity index (χ4n) is 2.39. The molecule has 0 fully saturated rings.